The van der Waals surface area contributed by atoms with Gasteiger partial charge in [0.2, 0.25) is 12.7 Å². The van der Waals surface area contributed by atoms with E-state index in [1.54, 1.807) is 19.1 Å². The lowest BCUT2D eigenvalue weighted by molar-refractivity contribution is -0.120. The number of carbonyl (C=O) groups is 2. The highest BCUT2D eigenvalue weighted by atomic mass is 16.7. The van der Waals surface area contributed by atoms with Crippen LogP contribution in [0.2, 0.25) is 0 Å². The van der Waals surface area contributed by atoms with Gasteiger partial charge in [-0.1, -0.05) is 13.0 Å². The summed E-state index contributed by atoms with van der Waals surface area (Å²) in [4.78, 5) is 23.0. The van der Waals surface area contributed by atoms with Crippen LogP contribution in [-0.4, -0.2) is 18.5 Å². The molecule has 0 saturated heterocycles. The van der Waals surface area contributed by atoms with E-state index in [2.05, 4.69) is 5.32 Å². The maximum Gasteiger partial charge on any atom is 0.231 e. The Balaban J connectivity index is 1.91. The number of rotatable bonds is 6. The van der Waals surface area contributed by atoms with Crippen LogP contribution in [0, 0.1) is 5.92 Å². The predicted octanol–water partition coefficient (Wildman–Crippen LogP) is 2.75. The predicted molar refractivity (Wildman–Crippen MR) is 74.9 cm³/mol. The van der Waals surface area contributed by atoms with E-state index in [9.17, 15) is 9.59 Å². The van der Waals surface area contributed by atoms with Crippen molar-refractivity contribution in [3.05, 3.63) is 18.2 Å². The van der Waals surface area contributed by atoms with Crippen molar-refractivity contribution >= 4 is 17.4 Å². The van der Waals surface area contributed by atoms with Gasteiger partial charge in [0.15, 0.2) is 11.5 Å². The molecule has 0 fully saturated rings. The Hall–Kier alpha value is -2.04. The zero-order valence-electron chi connectivity index (χ0n) is 11.8. The quantitative estimate of drug-likeness (QED) is 0.868. The van der Waals surface area contributed by atoms with Crippen molar-refractivity contribution in [1.82, 2.24) is 0 Å². The smallest absolute Gasteiger partial charge is 0.231 e. The summed E-state index contributed by atoms with van der Waals surface area (Å²) in [5.74, 6) is 1.16. The molecule has 1 aliphatic rings. The van der Waals surface area contributed by atoms with Gasteiger partial charge >= 0.3 is 0 Å². The van der Waals surface area contributed by atoms with Crippen LogP contribution in [0.5, 0.6) is 11.5 Å². The number of Topliss-reactive ketones (excluding diaryl/α,β-unsaturated/α-hetero) is 1. The van der Waals surface area contributed by atoms with Crippen LogP contribution in [0.4, 0.5) is 5.69 Å². The molecule has 1 unspecified atom stereocenters. The second kappa shape index (κ2) is 6.41. The van der Waals surface area contributed by atoms with Gasteiger partial charge in [0.05, 0.1) is 5.69 Å². The summed E-state index contributed by atoms with van der Waals surface area (Å²) in [6, 6.07) is 5.39. The molecule has 1 N–H and O–H groups in total. The van der Waals surface area contributed by atoms with Gasteiger partial charge < -0.3 is 19.6 Å². The summed E-state index contributed by atoms with van der Waals surface area (Å²) in [6.45, 7) is 3.60. The zero-order valence-corrected chi connectivity index (χ0v) is 11.8. The molecule has 5 nitrogen and oxygen atoms in total. The van der Waals surface area contributed by atoms with E-state index in [1.165, 1.54) is 0 Å². The van der Waals surface area contributed by atoms with Crippen LogP contribution in [0.25, 0.3) is 0 Å². The van der Waals surface area contributed by atoms with Gasteiger partial charge in [-0.15, -0.1) is 0 Å². The summed E-state index contributed by atoms with van der Waals surface area (Å²) >= 11 is 0. The molecule has 0 radical (unpaired) electrons. The van der Waals surface area contributed by atoms with Gasteiger partial charge in [-0.2, -0.15) is 0 Å². The zero-order chi connectivity index (χ0) is 14.5. The first kappa shape index (κ1) is 14.4. The second-order valence-corrected chi connectivity index (χ2v) is 5.02. The number of anilines is 1. The fourth-order valence-corrected chi connectivity index (χ4v) is 2.07. The average Bonchev–Trinajstić information content (AvgIpc) is 2.87. The van der Waals surface area contributed by atoms with Gasteiger partial charge in [0.1, 0.15) is 5.78 Å². The molecule has 1 amide bonds. The first-order chi connectivity index (χ1) is 9.58. The summed E-state index contributed by atoms with van der Waals surface area (Å²) < 4.78 is 10.6. The lowest BCUT2D eigenvalue weighted by Crippen LogP contribution is -2.20. The Morgan fingerprint density at radius 2 is 2.15 bits per heavy atom. The lowest BCUT2D eigenvalue weighted by Gasteiger charge is -2.13. The van der Waals surface area contributed by atoms with Crippen molar-refractivity contribution in [1.29, 1.82) is 0 Å². The van der Waals surface area contributed by atoms with Gasteiger partial charge in [-0.3, -0.25) is 4.79 Å². The number of nitrogens with one attached hydrogen (secondary N) is 1. The molecule has 0 spiro atoms. The van der Waals surface area contributed by atoms with E-state index in [0.717, 1.165) is 6.42 Å². The Kier molecular flexibility index (Phi) is 4.61. The van der Waals surface area contributed by atoms with E-state index < -0.39 is 0 Å². The Labute approximate surface area is 118 Å². The molecule has 0 saturated carbocycles. The summed E-state index contributed by atoms with van der Waals surface area (Å²) in [6.07, 6.45) is 1.95. The minimum atomic E-state index is -0.146. The number of hydrogen-bond acceptors (Lipinski definition) is 4. The van der Waals surface area contributed by atoms with Crippen molar-refractivity contribution in [3.8, 4) is 11.5 Å². The topological polar surface area (TPSA) is 64.6 Å². The average molecular weight is 277 g/mol. The molecule has 1 aromatic carbocycles. The molecule has 1 aliphatic heterocycles. The molecule has 108 valence electrons. The number of carbonyl (C=O) groups excluding carboxylic acids is 2. The van der Waals surface area contributed by atoms with Crippen molar-refractivity contribution < 1.29 is 19.1 Å². The van der Waals surface area contributed by atoms with Gasteiger partial charge in [-0.05, 0) is 31.9 Å². The van der Waals surface area contributed by atoms with E-state index >= 15 is 0 Å². The third kappa shape index (κ3) is 3.50. The molecule has 2 rings (SSSR count). The fourth-order valence-electron chi connectivity index (χ4n) is 2.07. The number of amides is 1. The number of para-hydroxylation sites is 1. The van der Waals surface area contributed by atoms with Crippen LogP contribution in [0.15, 0.2) is 18.2 Å². The number of hydrogen-bond donors (Lipinski definition) is 1. The number of benzene rings is 1. The van der Waals surface area contributed by atoms with E-state index in [-0.39, 0.29) is 24.4 Å². The highest BCUT2D eigenvalue weighted by molar-refractivity contribution is 5.94. The van der Waals surface area contributed by atoms with E-state index in [1.807, 2.05) is 13.0 Å². The third-order valence-electron chi connectivity index (χ3n) is 3.27. The van der Waals surface area contributed by atoms with Crippen molar-refractivity contribution in [2.45, 2.75) is 33.1 Å². The van der Waals surface area contributed by atoms with Gasteiger partial charge in [0, 0.05) is 12.3 Å². The van der Waals surface area contributed by atoms with Crippen LogP contribution in [0.1, 0.15) is 33.1 Å². The number of ether oxygens (including phenoxy) is 2. The minimum Gasteiger partial charge on any atom is -0.454 e. The molecular weight excluding hydrogens is 258 g/mol. The maximum absolute atomic E-state index is 12.1. The lowest BCUT2D eigenvalue weighted by atomic mass is 10.0. The maximum atomic E-state index is 12.1. The number of fused-ring (bicyclic) bond motifs is 1. The Bertz CT molecular complexity index is 513. The summed E-state index contributed by atoms with van der Waals surface area (Å²) in [5.41, 5.74) is 0.628. The molecule has 5 heteroatoms. The molecule has 0 aliphatic carbocycles. The fraction of sp³-hybridized carbons (Fsp3) is 0.467. The van der Waals surface area contributed by atoms with Crippen LogP contribution in [0.3, 0.4) is 0 Å². The van der Waals surface area contributed by atoms with Crippen LogP contribution in [-0.2, 0) is 9.59 Å². The molecule has 20 heavy (non-hydrogen) atoms. The monoisotopic (exact) mass is 277 g/mol. The molecule has 1 atom stereocenters. The minimum absolute atomic E-state index is 0.0718. The van der Waals surface area contributed by atoms with Gasteiger partial charge in [0.25, 0.3) is 0 Å². The standard InChI is InChI=1S/C15H19NO4/c1-10(5-3-6-11(2)17)15(18)16-12-7-4-8-13-14(12)20-9-19-13/h4,7-8,10H,3,5-6,9H2,1-2H3,(H,16,18). The summed E-state index contributed by atoms with van der Waals surface area (Å²) in [5, 5.41) is 2.85. The van der Waals surface area contributed by atoms with Gasteiger partial charge in [-0.25, -0.2) is 0 Å². The van der Waals surface area contributed by atoms with Crippen molar-refractivity contribution in [3.63, 3.8) is 0 Å². The van der Waals surface area contributed by atoms with E-state index in [0.29, 0.717) is 30.0 Å². The normalized spacial score (nSPS) is 13.9. The Morgan fingerprint density at radius 3 is 2.90 bits per heavy atom. The summed E-state index contributed by atoms with van der Waals surface area (Å²) in [7, 11) is 0. The molecule has 0 aromatic heterocycles. The highest BCUT2D eigenvalue weighted by Gasteiger charge is 2.20. The Morgan fingerprint density at radius 1 is 1.35 bits per heavy atom. The van der Waals surface area contributed by atoms with Crippen LogP contribution >= 0.6 is 0 Å². The second-order valence-electron chi connectivity index (χ2n) is 5.02. The van der Waals surface area contributed by atoms with Crippen molar-refractivity contribution in [2.24, 2.45) is 5.92 Å². The molecule has 0 bridgehead atoms. The third-order valence-corrected chi connectivity index (χ3v) is 3.27. The van der Waals surface area contributed by atoms with E-state index in [4.69, 9.17) is 9.47 Å². The first-order valence-electron chi connectivity index (χ1n) is 6.77. The molecule has 1 heterocycles. The van der Waals surface area contributed by atoms with Crippen LogP contribution < -0.4 is 14.8 Å². The number of ketones is 1. The molecule has 1 aromatic rings. The first-order valence-corrected chi connectivity index (χ1v) is 6.77. The van der Waals surface area contributed by atoms with Crippen molar-refractivity contribution in [2.75, 3.05) is 12.1 Å². The SMILES string of the molecule is CC(=O)CCCC(C)C(=O)Nc1cccc2c1OCO2. The highest BCUT2D eigenvalue weighted by Crippen LogP contribution is 2.38. The molecular formula is C15H19NO4. The largest absolute Gasteiger partial charge is 0.454 e.